The number of benzene rings is 3. The minimum atomic E-state index is -0.217. The molecule has 3 aromatic carbocycles. The van der Waals surface area contributed by atoms with Gasteiger partial charge in [-0.05, 0) is 53.7 Å². The summed E-state index contributed by atoms with van der Waals surface area (Å²) in [5.41, 5.74) is 2.71. The molecule has 1 aromatic heterocycles. The zero-order valence-corrected chi connectivity index (χ0v) is 17.5. The molecule has 7 heteroatoms. The number of nitrogens with one attached hydrogen (secondary N) is 2. The van der Waals surface area contributed by atoms with Crippen LogP contribution in [0.5, 0.6) is 0 Å². The minimum absolute atomic E-state index is 0.208. The number of carbonyl (C=O) groups excluding carboxylic acids is 1. The van der Waals surface area contributed by atoms with E-state index in [1.165, 1.54) is 4.57 Å². The van der Waals surface area contributed by atoms with Crippen LogP contribution in [0.1, 0.15) is 21.5 Å². The van der Waals surface area contributed by atoms with Crippen LogP contribution in [0.25, 0.3) is 10.9 Å². The van der Waals surface area contributed by atoms with E-state index >= 15 is 0 Å². The van der Waals surface area contributed by atoms with E-state index in [-0.39, 0.29) is 11.5 Å². The van der Waals surface area contributed by atoms with Crippen LogP contribution in [0.3, 0.4) is 0 Å². The quantitative estimate of drug-likeness (QED) is 0.447. The van der Waals surface area contributed by atoms with Gasteiger partial charge in [0.15, 0.2) is 4.77 Å². The number of rotatable bonds is 5. The fourth-order valence-corrected chi connectivity index (χ4v) is 3.58. The summed E-state index contributed by atoms with van der Waals surface area (Å²) in [7, 11) is 0. The third-order valence-electron chi connectivity index (χ3n) is 4.79. The zero-order chi connectivity index (χ0) is 21.1. The van der Waals surface area contributed by atoms with Gasteiger partial charge in [-0.3, -0.25) is 14.2 Å². The van der Waals surface area contributed by atoms with Gasteiger partial charge in [0.2, 0.25) is 0 Å². The molecule has 0 bridgehead atoms. The molecule has 4 aromatic rings. The molecule has 1 amide bonds. The Balaban J connectivity index is 1.60. The molecule has 2 N–H and O–H groups in total. The van der Waals surface area contributed by atoms with Gasteiger partial charge in [-0.1, -0.05) is 54.1 Å². The Morgan fingerprint density at radius 2 is 1.73 bits per heavy atom. The second-order valence-electron chi connectivity index (χ2n) is 6.88. The number of aromatic nitrogens is 2. The fourth-order valence-electron chi connectivity index (χ4n) is 3.19. The SMILES string of the molecule is O=C(NCc1ccccc1)c1ccc2c(=O)n(Cc3ccc(Cl)cc3)c(=S)[nH]c2c1. The molecule has 0 aliphatic heterocycles. The molecule has 4 rings (SSSR count). The van der Waals surface area contributed by atoms with E-state index in [9.17, 15) is 9.59 Å². The lowest BCUT2D eigenvalue weighted by Gasteiger charge is -2.10. The van der Waals surface area contributed by atoms with Gasteiger partial charge >= 0.3 is 0 Å². The molecule has 0 saturated carbocycles. The maximum atomic E-state index is 13.0. The summed E-state index contributed by atoms with van der Waals surface area (Å²) in [5.74, 6) is -0.217. The van der Waals surface area contributed by atoms with Crippen molar-refractivity contribution in [3.63, 3.8) is 0 Å². The highest BCUT2D eigenvalue weighted by molar-refractivity contribution is 7.71. The van der Waals surface area contributed by atoms with Gasteiger partial charge in [-0.2, -0.15) is 0 Å². The molecule has 0 atom stereocenters. The van der Waals surface area contributed by atoms with Crippen LogP contribution in [0.4, 0.5) is 0 Å². The highest BCUT2D eigenvalue weighted by Crippen LogP contribution is 2.14. The van der Waals surface area contributed by atoms with Crippen molar-refractivity contribution in [2.75, 3.05) is 0 Å². The highest BCUT2D eigenvalue weighted by Gasteiger charge is 2.11. The lowest BCUT2D eigenvalue weighted by Crippen LogP contribution is -2.24. The zero-order valence-electron chi connectivity index (χ0n) is 15.9. The summed E-state index contributed by atoms with van der Waals surface area (Å²) in [6, 6.07) is 21.9. The van der Waals surface area contributed by atoms with Crippen molar-refractivity contribution in [1.82, 2.24) is 14.9 Å². The van der Waals surface area contributed by atoms with Gasteiger partial charge in [0, 0.05) is 17.1 Å². The summed E-state index contributed by atoms with van der Waals surface area (Å²) < 4.78 is 1.79. The van der Waals surface area contributed by atoms with Gasteiger partial charge in [0.1, 0.15) is 0 Å². The molecule has 0 aliphatic rings. The van der Waals surface area contributed by atoms with Crippen LogP contribution in [-0.4, -0.2) is 15.5 Å². The smallest absolute Gasteiger partial charge is 0.262 e. The molecule has 0 spiro atoms. The van der Waals surface area contributed by atoms with E-state index in [0.717, 1.165) is 11.1 Å². The average molecular weight is 436 g/mol. The van der Waals surface area contributed by atoms with E-state index in [1.54, 1.807) is 30.3 Å². The number of fused-ring (bicyclic) bond motifs is 1. The van der Waals surface area contributed by atoms with Crippen molar-refractivity contribution >= 4 is 40.6 Å². The maximum absolute atomic E-state index is 13.0. The topological polar surface area (TPSA) is 66.9 Å². The first-order valence-corrected chi connectivity index (χ1v) is 10.1. The maximum Gasteiger partial charge on any atom is 0.262 e. The lowest BCUT2D eigenvalue weighted by molar-refractivity contribution is 0.0951. The largest absolute Gasteiger partial charge is 0.348 e. The Kier molecular flexibility index (Phi) is 5.79. The number of carbonyl (C=O) groups is 1. The summed E-state index contributed by atoms with van der Waals surface area (Å²) in [4.78, 5) is 28.6. The predicted molar refractivity (Wildman–Crippen MR) is 122 cm³/mol. The summed E-state index contributed by atoms with van der Waals surface area (Å²) in [6.45, 7) is 0.761. The molecule has 1 heterocycles. The Morgan fingerprint density at radius 3 is 2.47 bits per heavy atom. The van der Waals surface area contributed by atoms with Gasteiger partial charge < -0.3 is 10.3 Å². The van der Waals surface area contributed by atoms with Gasteiger partial charge in [-0.25, -0.2) is 0 Å². The summed E-state index contributed by atoms with van der Waals surface area (Å²) in [6.07, 6.45) is 0. The molecule has 0 fully saturated rings. The third-order valence-corrected chi connectivity index (χ3v) is 5.37. The molecule has 0 saturated heterocycles. The van der Waals surface area contributed by atoms with E-state index in [1.807, 2.05) is 42.5 Å². The molecule has 0 radical (unpaired) electrons. The summed E-state index contributed by atoms with van der Waals surface area (Å²) >= 11 is 11.3. The normalized spacial score (nSPS) is 10.8. The molecule has 5 nitrogen and oxygen atoms in total. The predicted octanol–water partition coefficient (Wildman–Crippen LogP) is 4.69. The van der Waals surface area contributed by atoms with Crippen LogP contribution >= 0.6 is 23.8 Å². The average Bonchev–Trinajstić information content (AvgIpc) is 2.76. The van der Waals surface area contributed by atoms with Gasteiger partial charge in [0.25, 0.3) is 11.5 Å². The van der Waals surface area contributed by atoms with Crippen LogP contribution < -0.4 is 10.9 Å². The Morgan fingerprint density at radius 1 is 1.00 bits per heavy atom. The lowest BCUT2D eigenvalue weighted by atomic mass is 10.1. The molecular formula is C23H18ClN3O2S. The van der Waals surface area contributed by atoms with Gasteiger partial charge in [-0.15, -0.1) is 0 Å². The Hall–Kier alpha value is -3.22. The number of hydrogen-bond acceptors (Lipinski definition) is 3. The Bertz CT molecular complexity index is 1330. The number of amides is 1. The second kappa shape index (κ2) is 8.65. The number of H-pyrrole nitrogens is 1. The van der Waals surface area contributed by atoms with E-state index in [4.69, 9.17) is 23.8 Å². The monoisotopic (exact) mass is 435 g/mol. The van der Waals surface area contributed by atoms with Crippen LogP contribution in [0.2, 0.25) is 5.02 Å². The molecule has 0 unspecified atom stereocenters. The molecular weight excluding hydrogens is 418 g/mol. The first kappa shape index (κ1) is 20.1. The van der Waals surface area contributed by atoms with Crippen molar-refractivity contribution < 1.29 is 4.79 Å². The van der Waals surface area contributed by atoms with E-state index < -0.39 is 0 Å². The number of nitrogens with zero attached hydrogens (tertiary/aromatic N) is 1. The second-order valence-corrected chi connectivity index (χ2v) is 7.70. The van der Waals surface area contributed by atoms with Crippen molar-refractivity contribution in [2.45, 2.75) is 13.1 Å². The summed E-state index contributed by atoms with van der Waals surface area (Å²) in [5, 5.41) is 3.99. The fraction of sp³-hybridized carbons (Fsp3) is 0.0870. The number of hydrogen-bond donors (Lipinski definition) is 2. The highest BCUT2D eigenvalue weighted by atomic mass is 35.5. The van der Waals surface area contributed by atoms with E-state index in [0.29, 0.717) is 39.3 Å². The number of aromatic amines is 1. The van der Waals surface area contributed by atoms with Crippen LogP contribution in [0.15, 0.2) is 77.6 Å². The first-order valence-electron chi connectivity index (χ1n) is 9.35. The minimum Gasteiger partial charge on any atom is -0.348 e. The van der Waals surface area contributed by atoms with E-state index in [2.05, 4.69) is 10.3 Å². The number of halogens is 1. The van der Waals surface area contributed by atoms with Crippen LogP contribution in [-0.2, 0) is 13.1 Å². The standard InChI is InChI=1S/C23H18ClN3O2S/c24-18-9-6-16(7-10-18)14-27-22(29)19-11-8-17(12-20(19)26-23(27)30)21(28)25-13-15-4-2-1-3-5-15/h1-12H,13-14H2,(H,25,28)(H,26,30). The molecule has 30 heavy (non-hydrogen) atoms. The molecule has 0 aliphatic carbocycles. The van der Waals surface area contributed by atoms with Crippen molar-refractivity contribution in [3.8, 4) is 0 Å². The van der Waals surface area contributed by atoms with Crippen molar-refractivity contribution in [2.24, 2.45) is 0 Å². The van der Waals surface area contributed by atoms with Gasteiger partial charge in [0.05, 0.1) is 17.4 Å². The van der Waals surface area contributed by atoms with Crippen LogP contribution in [0, 0.1) is 4.77 Å². The van der Waals surface area contributed by atoms with Crippen molar-refractivity contribution in [3.05, 3.63) is 110 Å². The van der Waals surface area contributed by atoms with Crippen molar-refractivity contribution in [1.29, 1.82) is 0 Å². The third kappa shape index (κ3) is 4.35. The Labute approximate surface area is 183 Å². The molecule has 150 valence electrons. The first-order chi connectivity index (χ1) is 14.5.